The minimum Gasteiger partial charge on any atom is -1.00 e. The molecule has 6 nitrogen and oxygen atoms in total. The van der Waals surface area contributed by atoms with E-state index in [4.69, 9.17) is 13.6 Å². The molecule has 5 rings (SSSR count). The van der Waals surface area contributed by atoms with Gasteiger partial charge in [0.25, 0.3) is 0 Å². The molecular weight excluding hydrogens is 984 g/mol. The second kappa shape index (κ2) is 31.3. The largest absolute Gasteiger partial charge is 2.00 e. The van der Waals surface area contributed by atoms with E-state index in [0.717, 1.165) is 26.6 Å². The van der Waals surface area contributed by atoms with E-state index >= 15 is 0 Å². The summed E-state index contributed by atoms with van der Waals surface area (Å²) in [5.41, 5.74) is 2.57. The zero-order valence-electron chi connectivity index (χ0n) is 40.6. The maximum absolute atomic E-state index is 14.1. The van der Waals surface area contributed by atoms with Gasteiger partial charge in [-0.3, -0.25) is 9.13 Å². The van der Waals surface area contributed by atoms with Gasteiger partial charge in [-0.25, -0.2) is 8.78 Å². The SMILES string of the molecule is CCOP(=O)(CC(C)C)C(Cc1ccc(F)c(F)c1)c1sc2ccccc2c1C.CCOP(=O)(Cc1sc2ccccc2c1C)CC(C)C.CCO[P+](=O)CC(C)C.[Br-].[CH2-]C(C)C.[Mg+2]. The van der Waals surface area contributed by atoms with Crippen molar-refractivity contribution in [2.75, 3.05) is 38.3 Å². The van der Waals surface area contributed by atoms with Gasteiger partial charge in [-0.2, -0.15) is 5.92 Å². The molecule has 4 atom stereocenters. The molecule has 0 N–H and O–H groups in total. The van der Waals surface area contributed by atoms with Crippen LogP contribution in [-0.2, 0) is 39.8 Å². The maximum atomic E-state index is 14.1. The fourth-order valence-corrected chi connectivity index (χ4v) is 17.2. The zero-order valence-corrected chi connectivity index (χ0v) is 47.9. The van der Waals surface area contributed by atoms with Gasteiger partial charge in [-0.1, -0.05) is 97.9 Å². The van der Waals surface area contributed by atoms with E-state index in [0.29, 0.717) is 74.2 Å². The summed E-state index contributed by atoms with van der Waals surface area (Å²) in [7, 11) is -7.03. The summed E-state index contributed by atoms with van der Waals surface area (Å²) in [4.78, 5) is 2.22. The molecule has 0 aliphatic carbocycles. The van der Waals surface area contributed by atoms with Crippen LogP contribution >= 0.6 is 45.4 Å². The summed E-state index contributed by atoms with van der Waals surface area (Å²) in [6.07, 6.45) is 2.71. The standard InChI is InChI=1S/C23H27F2O2PS.C16H23O2PS.C6H14O2P.C4H9.BrH.Mg/c1-5-27-28(26,14-15(2)3)21(13-17-10-11-19(24)20(25)12-17)23-16(4)18-8-6-7-9-22(18)29-23;1-5-18-19(17,10-12(2)3)11-16-13(4)14-8-6-7-9-15(14)20-16;1-4-8-9(7)5-6(2)3;1-4(2)3;;/h6-12,15,21H,5,13-14H2,1-4H3;6-9,12H,5,10-11H2,1-4H3;6H,4-5H2,1-3H3;4H,1H2,2-3H3;1H;/q;;+1;-1;;+2/p-1. The molecule has 2 heterocycles. The van der Waals surface area contributed by atoms with Crippen molar-refractivity contribution in [3.63, 3.8) is 0 Å². The van der Waals surface area contributed by atoms with Gasteiger partial charge in [0.05, 0.1) is 31.6 Å². The Morgan fingerprint density at radius 3 is 1.67 bits per heavy atom. The number of thiophene rings is 2. The average molecular weight is 1060 g/mol. The first-order chi connectivity index (χ1) is 29.1. The third-order valence-electron chi connectivity index (χ3n) is 9.16. The second-order valence-corrected chi connectivity index (χ2v) is 25.9. The molecule has 3 aromatic carbocycles. The molecule has 15 heteroatoms. The number of fused-ring (bicyclic) bond motifs is 2. The van der Waals surface area contributed by atoms with Crippen molar-refractivity contribution in [2.45, 2.75) is 108 Å². The van der Waals surface area contributed by atoms with Crippen LogP contribution in [0.1, 0.15) is 108 Å². The Morgan fingerprint density at radius 1 is 0.703 bits per heavy atom. The molecule has 64 heavy (non-hydrogen) atoms. The van der Waals surface area contributed by atoms with Crippen LogP contribution in [0.2, 0.25) is 0 Å². The Hall–Kier alpha value is -0.874. The van der Waals surface area contributed by atoms with Crippen LogP contribution in [0.3, 0.4) is 0 Å². The Kier molecular flexibility index (Phi) is 30.9. The van der Waals surface area contributed by atoms with Crippen molar-refractivity contribution in [3.05, 3.63) is 112 Å². The minimum absolute atomic E-state index is 0. The van der Waals surface area contributed by atoms with Gasteiger partial charge in [0.1, 0.15) is 0 Å². The van der Waals surface area contributed by atoms with E-state index in [9.17, 15) is 22.5 Å². The first-order valence-corrected chi connectivity index (χ1v) is 28.7. The molecule has 0 radical (unpaired) electrons. The van der Waals surface area contributed by atoms with E-state index in [1.807, 2.05) is 67.5 Å². The predicted octanol–water partition coefficient (Wildman–Crippen LogP) is 13.9. The zero-order chi connectivity index (χ0) is 46.8. The number of aryl methyl sites for hydroxylation is 2. The van der Waals surface area contributed by atoms with Crippen LogP contribution < -0.4 is 17.0 Å². The minimum atomic E-state index is -3.09. The molecule has 0 saturated heterocycles. The van der Waals surface area contributed by atoms with Gasteiger partial charge in [-0.15, -0.1) is 27.2 Å². The van der Waals surface area contributed by atoms with Gasteiger partial charge >= 0.3 is 31.1 Å². The Labute approximate surface area is 420 Å². The first-order valence-electron chi connectivity index (χ1n) is 21.8. The number of hydrogen-bond donors (Lipinski definition) is 0. The van der Waals surface area contributed by atoms with Crippen molar-refractivity contribution in [2.24, 2.45) is 23.7 Å². The van der Waals surface area contributed by atoms with Crippen LogP contribution in [0, 0.1) is 56.1 Å². The molecule has 0 saturated carbocycles. The average Bonchev–Trinajstić information content (AvgIpc) is 3.66. The third kappa shape index (κ3) is 21.2. The monoisotopic (exact) mass is 1060 g/mol. The molecule has 0 spiro atoms. The van der Waals surface area contributed by atoms with Crippen LogP contribution in [0.15, 0.2) is 66.7 Å². The van der Waals surface area contributed by atoms with Crippen molar-refractivity contribution in [1.29, 1.82) is 0 Å². The van der Waals surface area contributed by atoms with Crippen molar-refractivity contribution in [3.8, 4) is 0 Å². The second-order valence-electron chi connectivity index (χ2n) is 17.1. The van der Waals surface area contributed by atoms with Gasteiger partial charge < -0.3 is 33.0 Å². The quantitative estimate of drug-likeness (QED) is 0.0494. The van der Waals surface area contributed by atoms with Crippen molar-refractivity contribution in [1.82, 2.24) is 0 Å². The number of hydrogen-bond acceptors (Lipinski definition) is 8. The summed E-state index contributed by atoms with van der Waals surface area (Å²) in [6.45, 7) is 31.3. The van der Waals surface area contributed by atoms with E-state index < -0.39 is 40.1 Å². The molecule has 0 amide bonds. The van der Waals surface area contributed by atoms with E-state index in [-0.39, 0.29) is 46.0 Å². The van der Waals surface area contributed by atoms with Crippen molar-refractivity contribution < 1.29 is 53.0 Å². The summed E-state index contributed by atoms with van der Waals surface area (Å²) in [6, 6.07) is 20.4. The summed E-state index contributed by atoms with van der Waals surface area (Å²) in [5.74, 6) is -0.125. The molecule has 0 aliphatic heterocycles. The molecule has 0 fully saturated rings. The van der Waals surface area contributed by atoms with Gasteiger partial charge in [0.2, 0.25) is 14.7 Å². The molecule has 354 valence electrons. The molecule has 0 bridgehead atoms. The maximum Gasteiger partial charge on any atom is 2.00 e. The van der Waals surface area contributed by atoms with Crippen LogP contribution in [-0.4, -0.2) is 61.4 Å². The molecule has 2 aromatic heterocycles. The van der Waals surface area contributed by atoms with E-state index in [2.05, 4.69) is 77.9 Å². The predicted molar refractivity (Wildman–Crippen MR) is 272 cm³/mol. The number of benzene rings is 3. The fraction of sp³-hybridized carbons (Fsp3) is 0.531. The topological polar surface area (TPSA) is 78.9 Å². The molecular formula is C49H73BrF2MgO6P3S2+. The van der Waals surface area contributed by atoms with Gasteiger partial charge in [-0.05, 0) is 109 Å². The molecule has 4 unspecified atom stereocenters. The molecule has 0 aliphatic rings. The van der Waals surface area contributed by atoms with Crippen molar-refractivity contribution >= 4 is 88.7 Å². The normalized spacial score (nSPS) is 13.7. The van der Waals surface area contributed by atoms with Crippen LogP contribution in [0.4, 0.5) is 8.78 Å². The molecule has 5 aromatic rings. The summed E-state index contributed by atoms with van der Waals surface area (Å²) in [5, 5.41) is 2.41. The number of halogens is 3. The Bertz CT molecular complexity index is 2230. The Morgan fingerprint density at radius 2 is 1.22 bits per heavy atom. The van der Waals surface area contributed by atoms with Gasteiger partial charge in [0, 0.05) is 37.4 Å². The first kappa shape index (κ1) is 63.1. The summed E-state index contributed by atoms with van der Waals surface area (Å²) >= 11 is 3.37. The van der Waals surface area contributed by atoms with E-state index in [1.54, 1.807) is 28.7 Å². The van der Waals surface area contributed by atoms with Gasteiger partial charge in [0.15, 0.2) is 17.8 Å². The smallest absolute Gasteiger partial charge is 1.00 e. The van der Waals surface area contributed by atoms with Crippen LogP contribution in [0.25, 0.3) is 20.2 Å². The van der Waals surface area contributed by atoms with E-state index in [1.165, 1.54) is 26.6 Å². The fourth-order valence-electron chi connectivity index (χ4n) is 6.85. The van der Waals surface area contributed by atoms with Crippen LogP contribution in [0.5, 0.6) is 0 Å². The number of rotatable bonds is 18. The third-order valence-corrected chi connectivity index (χ3v) is 19.9. The summed E-state index contributed by atoms with van der Waals surface area (Å²) < 4.78 is 84.1. The Balaban J connectivity index is 0.000000982.